The summed E-state index contributed by atoms with van der Waals surface area (Å²) in [5, 5.41) is 0. The lowest BCUT2D eigenvalue weighted by atomic mass is 9.90. The van der Waals surface area contributed by atoms with Crippen molar-refractivity contribution in [2.24, 2.45) is 18.9 Å². The molecule has 0 atom stereocenters. The number of hydrogen-bond donors (Lipinski definition) is 0. The molecule has 2 fully saturated rings. The largest absolute Gasteiger partial charge is 0.343 e. The van der Waals surface area contributed by atoms with Crippen molar-refractivity contribution in [1.82, 2.24) is 29.3 Å². The van der Waals surface area contributed by atoms with Gasteiger partial charge in [-0.05, 0) is 38.0 Å². The Hall–Kier alpha value is -2.77. The first-order chi connectivity index (χ1) is 14.5. The number of likely N-dealkylation sites (tertiary alicyclic amines) is 2. The summed E-state index contributed by atoms with van der Waals surface area (Å²) in [4.78, 5) is 41.7. The van der Waals surface area contributed by atoms with Crippen LogP contribution in [0.3, 0.4) is 0 Å². The molecule has 4 heterocycles. The number of aromatic nitrogens is 4. The number of rotatable bonds is 4. The first-order valence-corrected chi connectivity index (χ1v) is 10.8. The van der Waals surface area contributed by atoms with Crippen molar-refractivity contribution < 1.29 is 9.59 Å². The van der Waals surface area contributed by atoms with Crippen LogP contribution in [-0.2, 0) is 23.1 Å². The highest BCUT2D eigenvalue weighted by molar-refractivity contribution is 5.79. The fourth-order valence-electron chi connectivity index (χ4n) is 4.58. The lowest BCUT2D eigenvalue weighted by molar-refractivity contribution is -0.141. The molecular formula is C22H30N6O2. The maximum absolute atomic E-state index is 12.9. The van der Waals surface area contributed by atoms with Crippen molar-refractivity contribution in [3.05, 3.63) is 30.5 Å². The van der Waals surface area contributed by atoms with E-state index in [0.717, 1.165) is 62.4 Å². The third-order valence-electron chi connectivity index (χ3n) is 6.45. The summed E-state index contributed by atoms with van der Waals surface area (Å²) in [6, 6.07) is 0. The monoisotopic (exact) mass is 410 g/mol. The van der Waals surface area contributed by atoms with Gasteiger partial charge < -0.3 is 14.4 Å². The molecule has 4 rings (SSSR count). The average molecular weight is 411 g/mol. The molecule has 8 heteroatoms. The van der Waals surface area contributed by atoms with Gasteiger partial charge in [-0.1, -0.05) is 0 Å². The second-order valence-corrected chi connectivity index (χ2v) is 8.51. The summed E-state index contributed by atoms with van der Waals surface area (Å²) < 4.78 is 1.94. The van der Waals surface area contributed by atoms with Crippen molar-refractivity contribution in [3.63, 3.8) is 0 Å². The van der Waals surface area contributed by atoms with Gasteiger partial charge in [-0.2, -0.15) is 0 Å². The lowest BCUT2D eigenvalue weighted by Crippen LogP contribution is -2.46. The number of piperidine rings is 2. The molecule has 0 unspecified atom stereocenters. The van der Waals surface area contributed by atoms with Crippen LogP contribution in [0.1, 0.15) is 38.3 Å². The summed E-state index contributed by atoms with van der Waals surface area (Å²) in [7, 11) is 1.95. The molecule has 0 aromatic carbocycles. The number of nitrogens with zero attached hydrogens (tertiary/aromatic N) is 6. The van der Waals surface area contributed by atoms with E-state index in [-0.39, 0.29) is 17.7 Å². The van der Waals surface area contributed by atoms with E-state index >= 15 is 0 Å². The Morgan fingerprint density at radius 2 is 1.73 bits per heavy atom. The molecule has 2 aromatic heterocycles. The Morgan fingerprint density at radius 3 is 2.37 bits per heavy atom. The minimum Gasteiger partial charge on any atom is -0.343 e. The van der Waals surface area contributed by atoms with E-state index in [2.05, 4.69) is 9.97 Å². The van der Waals surface area contributed by atoms with Gasteiger partial charge in [-0.25, -0.2) is 9.97 Å². The van der Waals surface area contributed by atoms with Gasteiger partial charge in [-0.15, -0.1) is 0 Å². The topological polar surface area (TPSA) is 84.2 Å². The fourth-order valence-corrected chi connectivity index (χ4v) is 4.58. The molecule has 2 aliphatic heterocycles. The van der Waals surface area contributed by atoms with Gasteiger partial charge in [0.05, 0.1) is 11.9 Å². The zero-order valence-electron chi connectivity index (χ0n) is 17.8. The second kappa shape index (κ2) is 8.93. The molecule has 160 valence electrons. The molecule has 2 aliphatic rings. The number of carbonyl (C=O) groups excluding carboxylic acids is 2. The van der Waals surface area contributed by atoms with Gasteiger partial charge in [0.2, 0.25) is 11.8 Å². The van der Waals surface area contributed by atoms with E-state index in [1.165, 1.54) is 0 Å². The molecule has 8 nitrogen and oxygen atoms in total. The van der Waals surface area contributed by atoms with Crippen LogP contribution in [0, 0.1) is 11.8 Å². The molecule has 0 radical (unpaired) electrons. The van der Waals surface area contributed by atoms with Crippen molar-refractivity contribution in [3.8, 4) is 11.5 Å². The number of amides is 2. The van der Waals surface area contributed by atoms with E-state index in [1.807, 2.05) is 33.8 Å². The normalized spacial score (nSPS) is 18.6. The molecule has 30 heavy (non-hydrogen) atoms. The summed E-state index contributed by atoms with van der Waals surface area (Å²) in [6.45, 7) is 4.62. The van der Waals surface area contributed by atoms with Gasteiger partial charge in [0.1, 0.15) is 5.69 Å². The molecule has 2 saturated heterocycles. The van der Waals surface area contributed by atoms with Crippen LogP contribution in [0.2, 0.25) is 0 Å². The highest BCUT2D eigenvalue weighted by atomic mass is 16.2. The molecule has 0 aliphatic carbocycles. The Kier molecular flexibility index (Phi) is 6.11. The first-order valence-electron chi connectivity index (χ1n) is 10.8. The van der Waals surface area contributed by atoms with E-state index in [4.69, 9.17) is 4.98 Å². The Bertz CT molecular complexity index is 895. The third kappa shape index (κ3) is 4.52. The lowest BCUT2D eigenvalue weighted by Gasteiger charge is -2.37. The molecule has 2 amide bonds. The Morgan fingerprint density at radius 1 is 1.03 bits per heavy atom. The standard InChI is InChI=1S/C22H30N6O2/c1-16(29)27-10-5-18(6-11-27)22(30)28-8-3-17(4-9-28)13-19-14-23-15-20(25-19)21-24-7-12-26(21)2/h7,12,14-15,17-18H,3-6,8-11,13H2,1-2H3. The van der Waals surface area contributed by atoms with Crippen LogP contribution in [0.5, 0.6) is 0 Å². The predicted molar refractivity (Wildman–Crippen MR) is 112 cm³/mol. The van der Waals surface area contributed by atoms with Crippen molar-refractivity contribution >= 4 is 11.8 Å². The Balaban J connectivity index is 1.29. The number of carbonyl (C=O) groups is 2. The van der Waals surface area contributed by atoms with Gasteiger partial charge in [0, 0.05) is 64.7 Å². The first kappa shape index (κ1) is 20.5. The van der Waals surface area contributed by atoms with Gasteiger partial charge in [-0.3, -0.25) is 14.6 Å². The van der Waals surface area contributed by atoms with E-state index in [1.54, 1.807) is 19.3 Å². The summed E-state index contributed by atoms with van der Waals surface area (Å²) in [5.41, 5.74) is 1.78. The van der Waals surface area contributed by atoms with Crippen LogP contribution < -0.4 is 0 Å². The highest BCUT2D eigenvalue weighted by Crippen LogP contribution is 2.26. The summed E-state index contributed by atoms with van der Waals surface area (Å²) >= 11 is 0. The molecule has 0 bridgehead atoms. The van der Waals surface area contributed by atoms with Crippen LogP contribution in [0.25, 0.3) is 11.5 Å². The molecule has 0 saturated carbocycles. The van der Waals surface area contributed by atoms with Crippen LogP contribution in [-0.4, -0.2) is 67.3 Å². The average Bonchev–Trinajstić information content (AvgIpc) is 3.20. The zero-order chi connectivity index (χ0) is 21.1. The smallest absolute Gasteiger partial charge is 0.225 e. The van der Waals surface area contributed by atoms with E-state index in [9.17, 15) is 9.59 Å². The maximum Gasteiger partial charge on any atom is 0.225 e. The zero-order valence-corrected chi connectivity index (χ0v) is 17.8. The van der Waals surface area contributed by atoms with Crippen molar-refractivity contribution in [2.75, 3.05) is 26.2 Å². The third-order valence-corrected chi connectivity index (χ3v) is 6.45. The minimum absolute atomic E-state index is 0.0671. The van der Waals surface area contributed by atoms with Crippen molar-refractivity contribution in [2.45, 2.75) is 39.0 Å². The maximum atomic E-state index is 12.9. The van der Waals surface area contributed by atoms with Crippen molar-refractivity contribution in [1.29, 1.82) is 0 Å². The SMILES string of the molecule is CC(=O)N1CCC(C(=O)N2CCC(Cc3cncc(-c4nccn4C)n3)CC2)CC1. The molecule has 0 spiro atoms. The fraction of sp³-hybridized carbons (Fsp3) is 0.591. The molecule has 2 aromatic rings. The molecular weight excluding hydrogens is 380 g/mol. The predicted octanol–water partition coefficient (Wildman–Crippen LogP) is 1.92. The number of aryl methyl sites for hydroxylation is 1. The highest BCUT2D eigenvalue weighted by Gasteiger charge is 2.31. The van der Waals surface area contributed by atoms with Crippen LogP contribution in [0.15, 0.2) is 24.8 Å². The van der Waals surface area contributed by atoms with Crippen LogP contribution in [0.4, 0.5) is 0 Å². The minimum atomic E-state index is 0.0671. The van der Waals surface area contributed by atoms with Crippen LogP contribution >= 0.6 is 0 Å². The number of imidazole rings is 1. The van der Waals surface area contributed by atoms with E-state index < -0.39 is 0 Å². The summed E-state index contributed by atoms with van der Waals surface area (Å²) in [6.07, 6.45) is 11.7. The van der Waals surface area contributed by atoms with Gasteiger partial charge in [0.15, 0.2) is 5.82 Å². The Labute approximate surface area is 177 Å². The second-order valence-electron chi connectivity index (χ2n) is 8.51. The van der Waals surface area contributed by atoms with Gasteiger partial charge in [0.25, 0.3) is 0 Å². The van der Waals surface area contributed by atoms with Gasteiger partial charge >= 0.3 is 0 Å². The quantitative estimate of drug-likeness (QED) is 0.769. The number of hydrogen-bond acceptors (Lipinski definition) is 5. The van der Waals surface area contributed by atoms with E-state index in [0.29, 0.717) is 19.0 Å². The molecule has 0 N–H and O–H groups in total. The summed E-state index contributed by atoms with van der Waals surface area (Å²) in [5.74, 6) is 1.78.